The summed E-state index contributed by atoms with van der Waals surface area (Å²) in [5.74, 6) is 0.445. The third-order valence-electron chi connectivity index (χ3n) is 5.92. The van der Waals surface area contributed by atoms with E-state index in [4.69, 9.17) is 27.6 Å². The molecule has 0 saturated carbocycles. The Bertz CT molecular complexity index is 1280. The first kappa shape index (κ1) is 25.0. The van der Waals surface area contributed by atoms with Crippen LogP contribution in [0, 0.1) is 5.92 Å². The van der Waals surface area contributed by atoms with Crippen molar-refractivity contribution in [1.29, 1.82) is 0 Å². The SMILES string of the molecule is CCC(C)c1coc(-c2cnc(N3CCC(C(=O)NS(=O)(=O)c4ccc(Cl)s4)CC3)c(Cl)c2)n1. The fourth-order valence-corrected chi connectivity index (χ4v) is 6.51. The smallest absolute Gasteiger partial charge is 0.273 e. The number of rotatable bonds is 7. The third kappa shape index (κ3) is 5.40. The van der Waals surface area contributed by atoms with Gasteiger partial charge in [-0.15, -0.1) is 11.3 Å². The van der Waals surface area contributed by atoms with Crippen molar-refractivity contribution in [2.45, 2.75) is 43.2 Å². The normalized spacial score (nSPS) is 15.9. The number of hydrogen-bond acceptors (Lipinski definition) is 8. The molecule has 4 rings (SSSR count). The summed E-state index contributed by atoms with van der Waals surface area (Å²) in [6.45, 7) is 5.23. The highest BCUT2D eigenvalue weighted by Crippen LogP contribution is 2.32. The quantitative estimate of drug-likeness (QED) is 0.429. The van der Waals surface area contributed by atoms with Crippen LogP contribution in [0.2, 0.25) is 9.36 Å². The zero-order chi connectivity index (χ0) is 24.5. The third-order valence-corrected chi connectivity index (χ3v) is 9.27. The van der Waals surface area contributed by atoms with Crippen LogP contribution in [0.25, 0.3) is 11.5 Å². The van der Waals surface area contributed by atoms with Gasteiger partial charge in [0.1, 0.15) is 16.3 Å². The summed E-state index contributed by atoms with van der Waals surface area (Å²) in [7, 11) is -3.92. The molecule has 1 N–H and O–H groups in total. The van der Waals surface area contributed by atoms with Crippen molar-refractivity contribution in [3.05, 3.63) is 45.7 Å². The summed E-state index contributed by atoms with van der Waals surface area (Å²) in [6.07, 6.45) is 5.25. The molecule has 3 aromatic rings. The largest absolute Gasteiger partial charge is 0.444 e. The van der Waals surface area contributed by atoms with E-state index >= 15 is 0 Å². The van der Waals surface area contributed by atoms with Crippen molar-refractivity contribution < 1.29 is 17.6 Å². The molecule has 0 spiro atoms. The Balaban J connectivity index is 1.38. The lowest BCUT2D eigenvalue weighted by atomic mass is 9.96. The Kier molecular flexibility index (Phi) is 7.51. The van der Waals surface area contributed by atoms with E-state index in [1.54, 1.807) is 18.5 Å². The number of halogens is 2. The van der Waals surface area contributed by atoms with Crippen LogP contribution in [0.5, 0.6) is 0 Å². The number of nitrogens with zero attached hydrogens (tertiary/aromatic N) is 3. The molecule has 0 aliphatic carbocycles. The molecule has 1 saturated heterocycles. The van der Waals surface area contributed by atoms with Gasteiger partial charge in [-0.2, -0.15) is 0 Å². The molecule has 1 fully saturated rings. The number of anilines is 1. The van der Waals surface area contributed by atoms with Crippen LogP contribution in [-0.4, -0.2) is 37.4 Å². The van der Waals surface area contributed by atoms with Crippen molar-refractivity contribution in [2.24, 2.45) is 5.92 Å². The Morgan fingerprint density at radius 1 is 1.32 bits per heavy atom. The van der Waals surface area contributed by atoms with Gasteiger partial charge in [0.05, 0.1) is 20.6 Å². The van der Waals surface area contributed by atoms with E-state index in [-0.39, 0.29) is 4.21 Å². The average Bonchev–Trinajstić information content (AvgIpc) is 3.48. The topological polar surface area (TPSA) is 105 Å². The van der Waals surface area contributed by atoms with Gasteiger partial charge in [0.15, 0.2) is 0 Å². The van der Waals surface area contributed by atoms with Gasteiger partial charge >= 0.3 is 0 Å². The number of piperidine rings is 1. The molecule has 1 aliphatic rings. The van der Waals surface area contributed by atoms with E-state index in [1.165, 1.54) is 12.1 Å². The fraction of sp³-hybridized carbons (Fsp3) is 0.409. The van der Waals surface area contributed by atoms with Crippen molar-refractivity contribution in [2.75, 3.05) is 18.0 Å². The van der Waals surface area contributed by atoms with E-state index in [0.29, 0.717) is 58.5 Å². The van der Waals surface area contributed by atoms with Gasteiger partial charge in [-0.05, 0) is 37.5 Å². The summed E-state index contributed by atoms with van der Waals surface area (Å²) >= 11 is 13.2. The molecule has 3 aromatic heterocycles. The molecule has 8 nitrogen and oxygen atoms in total. The van der Waals surface area contributed by atoms with E-state index in [9.17, 15) is 13.2 Å². The number of carbonyl (C=O) groups is 1. The number of aromatic nitrogens is 2. The van der Waals surface area contributed by atoms with Gasteiger partial charge in [0.2, 0.25) is 11.8 Å². The number of pyridine rings is 1. The van der Waals surface area contributed by atoms with E-state index in [1.807, 2.05) is 4.90 Å². The first-order valence-corrected chi connectivity index (χ1v) is 13.9. The van der Waals surface area contributed by atoms with Crippen molar-refractivity contribution in [3.8, 4) is 11.5 Å². The molecule has 4 heterocycles. The maximum atomic E-state index is 12.6. The van der Waals surface area contributed by atoms with Crippen LogP contribution < -0.4 is 9.62 Å². The molecule has 0 bridgehead atoms. The second kappa shape index (κ2) is 10.2. The second-order valence-corrected chi connectivity index (χ2v) is 12.2. The minimum absolute atomic E-state index is 0.0154. The van der Waals surface area contributed by atoms with Gasteiger partial charge in [-0.25, -0.2) is 23.1 Å². The van der Waals surface area contributed by atoms with E-state index < -0.39 is 21.8 Å². The highest BCUT2D eigenvalue weighted by molar-refractivity contribution is 7.92. The minimum Gasteiger partial charge on any atom is -0.444 e. The van der Waals surface area contributed by atoms with Crippen molar-refractivity contribution in [3.63, 3.8) is 0 Å². The van der Waals surface area contributed by atoms with Crippen LogP contribution >= 0.6 is 34.5 Å². The summed E-state index contributed by atoms with van der Waals surface area (Å²) in [4.78, 5) is 23.6. The molecule has 12 heteroatoms. The predicted octanol–water partition coefficient (Wildman–Crippen LogP) is 5.34. The summed E-state index contributed by atoms with van der Waals surface area (Å²) in [5.41, 5.74) is 1.58. The van der Waals surface area contributed by atoms with E-state index in [0.717, 1.165) is 23.5 Å². The molecule has 34 heavy (non-hydrogen) atoms. The lowest BCUT2D eigenvalue weighted by molar-refractivity contribution is -0.123. The number of carbonyl (C=O) groups excluding carboxylic acids is 1. The Labute approximate surface area is 212 Å². The van der Waals surface area contributed by atoms with Crippen LogP contribution in [0.15, 0.2) is 39.3 Å². The highest BCUT2D eigenvalue weighted by atomic mass is 35.5. The highest BCUT2D eigenvalue weighted by Gasteiger charge is 2.30. The molecule has 1 atom stereocenters. The summed E-state index contributed by atoms with van der Waals surface area (Å²) in [5, 5.41) is 0.459. The van der Waals surface area contributed by atoms with E-state index in [2.05, 4.69) is 28.5 Å². The zero-order valence-corrected chi connectivity index (χ0v) is 21.8. The Morgan fingerprint density at radius 3 is 2.68 bits per heavy atom. The lowest BCUT2D eigenvalue weighted by Crippen LogP contribution is -2.42. The number of amides is 1. The molecule has 1 unspecified atom stereocenters. The zero-order valence-electron chi connectivity index (χ0n) is 18.6. The van der Waals surface area contributed by atoms with Crippen LogP contribution in [0.1, 0.15) is 44.7 Å². The van der Waals surface area contributed by atoms with Gasteiger partial charge in [-0.3, -0.25) is 4.79 Å². The van der Waals surface area contributed by atoms with Crippen molar-refractivity contribution >= 4 is 56.3 Å². The van der Waals surface area contributed by atoms with Gasteiger partial charge < -0.3 is 9.32 Å². The van der Waals surface area contributed by atoms with Crippen molar-refractivity contribution in [1.82, 2.24) is 14.7 Å². The number of hydrogen-bond donors (Lipinski definition) is 1. The molecule has 0 radical (unpaired) electrons. The summed E-state index contributed by atoms with van der Waals surface area (Å²) in [6, 6.07) is 4.64. The summed E-state index contributed by atoms with van der Waals surface area (Å²) < 4.78 is 32.9. The maximum absolute atomic E-state index is 12.6. The fourth-order valence-electron chi connectivity index (χ4n) is 3.70. The molecule has 0 aromatic carbocycles. The molecule has 182 valence electrons. The average molecular weight is 543 g/mol. The lowest BCUT2D eigenvalue weighted by Gasteiger charge is -2.32. The standard InChI is InChI=1S/C22H24Cl2N4O4S2/c1-3-13(2)17-12-32-22(26-17)15-10-16(23)20(25-11-15)28-8-6-14(7-9-28)21(29)27-34(30,31)19-5-4-18(24)33-19/h4-5,10-14H,3,6-9H2,1-2H3,(H,27,29). The van der Waals surface area contributed by atoms with Gasteiger partial charge in [0.25, 0.3) is 10.0 Å². The van der Waals surface area contributed by atoms with Crippen LogP contribution in [0.3, 0.4) is 0 Å². The Morgan fingerprint density at radius 2 is 2.06 bits per heavy atom. The molecule has 1 aliphatic heterocycles. The monoisotopic (exact) mass is 542 g/mol. The number of sulfonamides is 1. The number of nitrogens with one attached hydrogen (secondary N) is 1. The van der Waals surface area contributed by atoms with Crippen LogP contribution in [-0.2, 0) is 14.8 Å². The minimum atomic E-state index is -3.92. The van der Waals surface area contributed by atoms with Gasteiger partial charge in [-0.1, -0.05) is 37.0 Å². The van der Waals surface area contributed by atoms with Crippen LogP contribution in [0.4, 0.5) is 5.82 Å². The maximum Gasteiger partial charge on any atom is 0.273 e. The Hall–Kier alpha value is -2.14. The second-order valence-electron chi connectivity index (χ2n) is 8.21. The van der Waals surface area contributed by atoms with Gasteiger partial charge in [0, 0.05) is 31.1 Å². The molecule has 1 amide bonds. The number of thiophene rings is 1. The first-order valence-electron chi connectivity index (χ1n) is 10.9. The number of oxazole rings is 1. The first-order chi connectivity index (χ1) is 16.2. The molecular formula is C22H24Cl2N4O4S2. The predicted molar refractivity (Wildman–Crippen MR) is 133 cm³/mol. The molecular weight excluding hydrogens is 519 g/mol.